The van der Waals surface area contributed by atoms with Crippen LogP contribution in [-0.2, 0) is 13.1 Å². The van der Waals surface area contributed by atoms with Crippen LogP contribution in [0.4, 0.5) is 0 Å². The summed E-state index contributed by atoms with van der Waals surface area (Å²) in [6.45, 7) is 3.20. The van der Waals surface area contributed by atoms with E-state index in [0.717, 1.165) is 22.3 Å². The summed E-state index contributed by atoms with van der Waals surface area (Å²) in [5.41, 5.74) is 3.03. The number of nitrogens with one attached hydrogen (secondary N) is 1. The van der Waals surface area contributed by atoms with Crippen LogP contribution >= 0.6 is 34.5 Å². The Morgan fingerprint density at radius 3 is 2.57 bits per heavy atom. The van der Waals surface area contributed by atoms with Crippen LogP contribution in [0.2, 0.25) is 9.36 Å². The molecule has 0 spiro atoms. The molecule has 4 aromatic rings. The highest BCUT2D eigenvalue weighted by Crippen LogP contribution is 2.23. The minimum atomic E-state index is -0.0333. The predicted molar refractivity (Wildman–Crippen MR) is 116 cm³/mol. The van der Waals surface area contributed by atoms with Crippen molar-refractivity contribution in [2.24, 2.45) is 0 Å². The van der Waals surface area contributed by atoms with Gasteiger partial charge in [-0.3, -0.25) is 9.69 Å². The lowest BCUT2D eigenvalue weighted by Gasteiger charge is -2.16. The minimum absolute atomic E-state index is 0.0333. The van der Waals surface area contributed by atoms with Crippen LogP contribution < -0.4 is 5.43 Å². The fourth-order valence-electron chi connectivity index (χ4n) is 3.26. The van der Waals surface area contributed by atoms with Crippen LogP contribution in [0.15, 0.2) is 47.3 Å². The van der Waals surface area contributed by atoms with Crippen LogP contribution in [-0.4, -0.2) is 26.7 Å². The SMILES string of the molecule is Cc1nn(-c2ccc(Cl)cc2)c2[nH]c(CN(C)Cc3ccc(Cl)s3)cc(=O)c12. The van der Waals surface area contributed by atoms with Crippen molar-refractivity contribution in [3.8, 4) is 5.69 Å². The second kappa shape index (κ2) is 7.72. The third kappa shape index (κ3) is 3.86. The lowest BCUT2D eigenvalue weighted by atomic mass is 10.2. The van der Waals surface area contributed by atoms with Crippen molar-refractivity contribution in [2.45, 2.75) is 20.0 Å². The number of halogens is 2. The highest BCUT2D eigenvalue weighted by atomic mass is 35.5. The number of rotatable bonds is 5. The quantitative estimate of drug-likeness (QED) is 0.481. The summed E-state index contributed by atoms with van der Waals surface area (Å²) < 4.78 is 2.53. The number of aryl methyl sites for hydroxylation is 1. The van der Waals surface area contributed by atoms with E-state index in [1.54, 1.807) is 22.1 Å². The Bertz CT molecular complexity index is 1190. The van der Waals surface area contributed by atoms with Gasteiger partial charge in [-0.1, -0.05) is 23.2 Å². The number of hydrogen-bond acceptors (Lipinski definition) is 4. The van der Waals surface area contributed by atoms with Crippen molar-refractivity contribution in [3.63, 3.8) is 0 Å². The number of nitrogens with zero attached hydrogens (tertiary/aromatic N) is 3. The largest absolute Gasteiger partial charge is 0.342 e. The molecule has 4 rings (SSSR count). The fourth-order valence-corrected chi connectivity index (χ4v) is 4.55. The van der Waals surface area contributed by atoms with Crippen molar-refractivity contribution >= 4 is 45.6 Å². The van der Waals surface area contributed by atoms with E-state index in [1.807, 2.05) is 50.4 Å². The average molecular weight is 433 g/mol. The molecule has 0 saturated heterocycles. The Morgan fingerprint density at radius 1 is 1.14 bits per heavy atom. The second-order valence-electron chi connectivity index (χ2n) is 6.73. The lowest BCUT2D eigenvalue weighted by Crippen LogP contribution is -2.19. The Kier molecular flexibility index (Phi) is 5.29. The third-order valence-corrected chi connectivity index (χ3v) is 5.93. The summed E-state index contributed by atoms with van der Waals surface area (Å²) in [4.78, 5) is 19.4. The third-order valence-electron chi connectivity index (χ3n) is 4.46. The van der Waals surface area contributed by atoms with Crippen LogP contribution in [0, 0.1) is 6.92 Å². The lowest BCUT2D eigenvalue weighted by molar-refractivity contribution is 0.318. The molecule has 3 heterocycles. The number of fused-ring (bicyclic) bond motifs is 1. The highest BCUT2D eigenvalue weighted by molar-refractivity contribution is 7.16. The Hall–Kier alpha value is -2.12. The first kappa shape index (κ1) is 19.2. The zero-order valence-corrected chi connectivity index (χ0v) is 17.7. The fraction of sp³-hybridized carbons (Fsp3) is 0.200. The van der Waals surface area contributed by atoms with Gasteiger partial charge in [0.1, 0.15) is 5.65 Å². The molecule has 8 heteroatoms. The Morgan fingerprint density at radius 2 is 1.89 bits per heavy atom. The van der Waals surface area contributed by atoms with Gasteiger partial charge >= 0.3 is 0 Å². The number of H-pyrrole nitrogens is 1. The van der Waals surface area contributed by atoms with Gasteiger partial charge in [0.25, 0.3) is 0 Å². The molecule has 0 fully saturated rings. The molecule has 0 aliphatic carbocycles. The summed E-state index contributed by atoms with van der Waals surface area (Å²) in [5.74, 6) is 0. The zero-order chi connectivity index (χ0) is 19.8. The number of thiophene rings is 1. The Labute approximate surface area is 176 Å². The molecular weight excluding hydrogens is 415 g/mol. The van der Waals surface area contributed by atoms with Gasteiger partial charge in [0.05, 0.1) is 21.1 Å². The number of pyridine rings is 1. The first-order valence-electron chi connectivity index (χ1n) is 8.71. The molecule has 0 amide bonds. The maximum Gasteiger partial charge on any atom is 0.193 e. The predicted octanol–water partition coefficient (Wildman–Crippen LogP) is 5.02. The molecule has 5 nitrogen and oxygen atoms in total. The standard InChI is InChI=1S/C20H18Cl2N4OS/c1-12-19-17(27)9-14(10-25(2)11-16-7-8-18(22)28-16)23-20(19)26(24-12)15-5-3-13(21)4-6-15/h3-9H,10-11H2,1-2H3,(H,23,27). The van der Waals surface area contributed by atoms with E-state index >= 15 is 0 Å². The summed E-state index contributed by atoms with van der Waals surface area (Å²) in [6.07, 6.45) is 0. The van der Waals surface area contributed by atoms with Crippen molar-refractivity contribution in [1.82, 2.24) is 19.7 Å². The number of benzene rings is 1. The van der Waals surface area contributed by atoms with E-state index in [2.05, 4.69) is 15.0 Å². The van der Waals surface area contributed by atoms with Gasteiger partial charge in [-0.25, -0.2) is 4.68 Å². The van der Waals surface area contributed by atoms with Crippen LogP contribution in [0.5, 0.6) is 0 Å². The summed E-state index contributed by atoms with van der Waals surface area (Å²) in [6, 6.07) is 13.0. The molecule has 3 aromatic heterocycles. The topological polar surface area (TPSA) is 53.9 Å². The molecule has 28 heavy (non-hydrogen) atoms. The second-order valence-corrected chi connectivity index (χ2v) is 8.97. The van der Waals surface area contributed by atoms with Gasteiger partial charge in [0, 0.05) is 34.7 Å². The summed E-state index contributed by atoms with van der Waals surface area (Å²) >= 11 is 13.6. The van der Waals surface area contributed by atoms with E-state index in [1.165, 1.54) is 4.88 Å². The molecule has 0 aliphatic rings. The molecule has 144 valence electrons. The molecule has 1 aromatic carbocycles. The van der Waals surface area contributed by atoms with Crippen LogP contribution in [0.25, 0.3) is 16.7 Å². The normalized spacial score (nSPS) is 11.6. The molecule has 0 saturated carbocycles. The molecule has 0 aliphatic heterocycles. The van der Waals surface area contributed by atoms with Gasteiger partial charge in [0.2, 0.25) is 0 Å². The van der Waals surface area contributed by atoms with Gasteiger partial charge in [-0.2, -0.15) is 5.10 Å². The van der Waals surface area contributed by atoms with Crippen LogP contribution in [0.3, 0.4) is 0 Å². The first-order valence-corrected chi connectivity index (χ1v) is 10.3. The highest BCUT2D eigenvalue weighted by Gasteiger charge is 2.15. The molecular formula is C20H18Cl2N4OS. The van der Waals surface area contributed by atoms with Gasteiger partial charge in [-0.15, -0.1) is 11.3 Å². The van der Waals surface area contributed by atoms with Gasteiger partial charge < -0.3 is 4.98 Å². The van der Waals surface area contributed by atoms with Crippen molar-refractivity contribution < 1.29 is 0 Å². The maximum atomic E-state index is 12.7. The number of aromatic amines is 1. The maximum absolute atomic E-state index is 12.7. The minimum Gasteiger partial charge on any atom is -0.342 e. The Balaban J connectivity index is 1.69. The first-order chi connectivity index (χ1) is 13.4. The van der Waals surface area contributed by atoms with E-state index in [-0.39, 0.29) is 5.43 Å². The van der Waals surface area contributed by atoms with E-state index in [9.17, 15) is 4.79 Å². The number of hydrogen-bond donors (Lipinski definition) is 1. The number of aromatic nitrogens is 3. The summed E-state index contributed by atoms with van der Waals surface area (Å²) in [7, 11) is 2.01. The van der Waals surface area contributed by atoms with Crippen molar-refractivity contribution in [2.75, 3.05) is 7.05 Å². The van der Waals surface area contributed by atoms with Gasteiger partial charge in [-0.05, 0) is 50.4 Å². The molecule has 0 bridgehead atoms. The van der Waals surface area contributed by atoms with E-state index in [4.69, 9.17) is 23.2 Å². The monoisotopic (exact) mass is 432 g/mol. The summed E-state index contributed by atoms with van der Waals surface area (Å²) in [5, 5.41) is 5.81. The zero-order valence-electron chi connectivity index (χ0n) is 15.4. The molecule has 0 atom stereocenters. The van der Waals surface area contributed by atoms with Crippen LogP contribution in [0.1, 0.15) is 16.3 Å². The van der Waals surface area contributed by atoms with Crippen molar-refractivity contribution in [1.29, 1.82) is 0 Å². The molecule has 0 radical (unpaired) electrons. The van der Waals surface area contributed by atoms with Crippen molar-refractivity contribution in [3.05, 3.63) is 78.3 Å². The van der Waals surface area contributed by atoms with E-state index < -0.39 is 0 Å². The van der Waals surface area contributed by atoms with Gasteiger partial charge in [0.15, 0.2) is 5.43 Å². The molecule has 1 N–H and O–H groups in total. The molecule has 0 unspecified atom stereocenters. The smallest absolute Gasteiger partial charge is 0.193 e. The van der Waals surface area contributed by atoms with E-state index in [0.29, 0.717) is 28.3 Å². The average Bonchev–Trinajstić information content (AvgIpc) is 3.19.